The highest BCUT2D eigenvalue weighted by Gasteiger charge is 2.30. The Labute approximate surface area is 113 Å². The predicted molar refractivity (Wildman–Crippen MR) is 71.4 cm³/mol. The van der Waals surface area contributed by atoms with E-state index in [0.29, 0.717) is 12.3 Å². The maximum absolute atomic E-state index is 13.3. The van der Waals surface area contributed by atoms with Gasteiger partial charge in [-0.2, -0.15) is 0 Å². The van der Waals surface area contributed by atoms with Gasteiger partial charge < -0.3 is 5.11 Å². The Hall–Kier alpha value is -1.42. The molecule has 0 bridgehead atoms. The molecule has 1 saturated heterocycles. The van der Waals surface area contributed by atoms with Crippen LogP contribution in [0.1, 0.15) is 37.8 Å². The molecule has 1 N–H and O–H groups in total. The average molecular weight is 265 g/mol. The lowest BCUT2D eigenvalue weighted by Gasteiger charge is -2.24. The van der Waals surface area contributed by atoms with E-state index in [4.69, 9.17) is 5.11 Å². The Morgan fingerprint density at radius 3 is 3.00 bits per heavy atom. The molecule has 1 aromatic carbocycles. The molecular formula is C15H20FNO2. The highest BCUT2D eigenvalue weighted by Crippen LogP contribution is 2.35. The molecular weight excluding hydrogens is 245 g/mol. The quantitative estimate of drug-likeness (QED) is 0.889. The Kier molecular flexibility index (Phi) is 4.53. The summed E-state index contributed by atoms with van der Waals surface area (Å²) in [6.07, 6.45) is 1.85. The molecule has 1 heterocycles. The van der Waals surface area contributed by atoms with Crippen molar-refractivity contribution >= 4 is 5.97 Å². The van der Waals surface area contributed by atoms with Gasteiger partial charge in [0.05, 0.1) is 0 Å². The largest absolute Gasteiger partial charge is 0.481 e. The van der Waals surface area contributed by atoms with E-state index in [0.717, 1.165) is 25.1 Å². The minimum Gasteiger partial charge on any atom is -0.481 e. The zero-order valence-corrected chi connectivity index (χ0v) is 11.2. The number of rotatable bonds is 5. The summed E-state index contributed by atoms with van der Waals surface area (Å²) >= 11 is 0. The number of benzene rings is 1. The standard InChI is InChI=1S/C15H20FNO2/c1-11-8-14(12-4-2-5-13(16)9-12)17(10-11)7-3-6-15(18)19/h2,4-5,9,11,14H,3,6-8,10H2,1H3,(H,18,19)/t11-,14-/m0/s1. The average Bonchev–Trinajstić information content (AvgIpc) is 2.70. The summed E-state index contributed by atoms with van der Waals surface area (Å²) in [5.41, 5.74) is 1.000. The number of carbonyl (C=O) groups is 1. The van der Waals surface area contributed by atoms with Crippen molar-refractivity contribution < 1.29 is 14.3 Å². The Bertz CT molecular complexity index is 450. The number of hydrogen-bond acceptors (Lipinski definition) is 2. The van der Waals surface area contributed by atoms with E-state index in [1.54, 1.807) is 12.1 Å². The third-order valence-electron chi connectivity index (χ3n) is 3.68. The second kappa shape index (κ2) is 6.15. The minimum absolute atomic E-state index is 0.195. The van der Waals surface area contributed by atoms with Crippen LogP contribution in [0.2, 0.25) is 0 Å². The first-order valence-electron chi connectivity index (χ1n) is 6.77. The van der Waals surface area contributed by atoms with Crippen LogP contribution in [0.3, 0.4) is 0 Å². The van der Waals surface area contributed by atoms with Crippen molar-refractivity contribution in [1.29, 1.82) is 0 Å². The summed E-state index contributed by atoms with van der Waals surface area (Å²) < 4.78 is 13.3. The molecule has 104 valence electrons. The molecule has 2 atom stereocenters. The maximum Gasteiger partial charge on any atom is 0.303 e. The number of aliphatic carboxylic acids is 1. The molecule has 0 saturated carbocycles. The van der Waals surface area contributed by atoms with Gasteiger partial charge in [-0.1, -0.05) is 19.1 Å². The summed E-state index contributed by atoms with van der Waals surface area (Å²) in [4.78, 5) is 12.8. The van der Waals surface area contributed by atoms with Crippen molar-refractivity contribution in [2.75, 3.05) is 13.1 Å². The van der Waals surface area contributed by atoms with Gasteiger partial charge in [-0.05, 0) is 43.0 Å². The maximum atomic E-state index is 13.3. The van der Waals surface area contributed by atoms with Crippen molar-refractivity contribution in [3.05, 3.63) is 35.6 Å². The van der Waals surface area contributed by atoms with Gasteiger partial charge in [-0.25, -0.2) is 4.39 Å². The van der Waals surface area contributed by atoms with Gasteiger partial charge >= 0.3 is 5.97 Å². The lowest BCUT2D eigenvalue weighted by Crippen LogP contribution is -2.25. The van der Waals surface area contributed by atoms with Crippen LogP contribution in [0.4, 0.5) is 4.39 Å². The van der Waals surface area contributed by atoms with E-state index in [-0.39, 0.29) is 18.3 Å². The second-order valence-electron chi connectivity index (χ2n) is 5.40. The van der Waals surface area contributed by atoms with Crippen LogP contribution in [0.15, 0.2) is 24.3 Å². The molecule has 0 aromatic heterocycles. The van der Waals surface area contributed by atoms with E-state index in [9.17, 15) is 9.18 Å². The Morgan fingerprint density at radius 2 is 2.32 bits per heavy atom. The molecule has 2 rings (SSSR count). The second-order valence-corrected chi connectivity index (χ2v) is 5.40. The van der Waals surface area contributed by atoms with Crippen molar-refractivity contribution in [3.8, 4) is 0 Å². The summed E-state index contributed by atoms with van der Waals surface area (Å²) in [7, 11) is 0. The lowest BCUT2D eigenvalue weighted by molar-refractivity contribution is -0.137. The van der Waals surface area contributed by atoms with Crippen molar-refractivity contribution in [3.63, 3.8) is 0 Å². The molecule has 0 radical (unpaired) electrons. The predicted octanol–water partition coefficient (Wildman–Crippen LogP) is 3.07. The van der Waals surface area contributed by atoms with Gasteiger partial charge in [-0.15, -0.1) is 0 Å². The molecule has 3 nitrogen and oxygen atoms in total. The number of hydrogen-bond donors (Lipinski definition) is 1. The van der Waals surface area contributed by atoms with Crippen LogP contribution in [-0.4, -0.2) is 29.1 Å². The number of nitrogens with zero attached hydrogens (tertiary/aromatic N) is 1. The summed E-state index contributed by atoms with van der Waals surface area (Å²) in [6, 6.07) is 6.96. The molecule has 0 spiro atoms. The van der Waals surface area contributed by atoms with E-state index in [1.807, 2.05) is 6.07 Å². The third kappa shape index (κ3) is 3.77. The van der Waals surface area contributed by atoms with Crippen LogP contribution in [0.25, 0.3) is 0 Å². The zero-order chi connectivity index (χ0) is 13.8. The fraction of sp³-hybridized carbons (Fsp3) is 0.533. The van der Waals surface area contributed by atoms with Gasteiger partial charge in [0.1, 0.15) is 5.82 Å². The van der Waals surface area contributed by atoms with Gasteiger partial charge in [-0.3, -0.25) is 9.69 Å². The minimum atomic E-state index is -0.755. The van der Waals surface area contributed by atoms with Crippen LogP contribution < -0.4 is 0 Å². The first-order chi connectivity index (χ1) is 9.06. The van der Waals surface area contributed by atoms with E-state index in [2.05, 4.69) is 11.8 Å². The molecule has 4 heteroatoms. The van der Waals surface area contributed by atoms with E-state index < -0.39 is 5.97 Å². The molecule has 1 fully saturated rings. The number of carboxylic acids is 1. The SMILES string of the molecule is C[C@H]1C[C@@H](c2cccc(F)c2)N(CCCC(=O)O)C1. The number of carboxylic acid groups (broad SMARTS) is 1. The number of likely N-dealkylation sites (tertiary alicyclic amines) is 1. The van der Waals surface area contributed by atoms with E-state index in [1.165, 1.54) is 6.07 Å². The zero-order valence-electron chi connectivity index (χ0n) is 11.2. The summed E-state index contributed by atoms with van der Waals surface area (Å²) in [6.45, 7) is 3.90. The molecule has 0 aliphatic carbocycles. The molecule has 1 aliphatic rings. The van der Waals surface area contributed by atoms with Crippen LogP contribution in [0, 0.1) is 11.7 Å². The summed E-state index contributed by atoms with van der Waals surface area (Å²) in [5, 5.41) is 8.69. The molecule has 0 amide bonds. The van der Waals surface area contributed by atoms with E-state index >= 15 is 0 Å². The highest BCUT2D eigenvalue weighted by molar-refractivity contribution is 5.66. The van der Waals surface area contributed by atoms with Crippen LogP contribution in [0.5, 0.6) is 0 Å². The normalized spacial score (nSPS) is 23.7. The van der Waals surface area contributed by atoms with Gasteiger partial charge in [0.25, 0.3) is 0 Å². The Morgan fingerprint density at radius 1 is 1.53 bits per heavy atom. The Balaban J connectivity index is 2.02. The first kappa shape index (κ1) is 14.0. The highest BCUT2D eigenvalue weighted by atomic mass is 19.1. The first-order valence-corrected chi connectivity index (χ1v) is 6.77. The van der Waals surface area contributed by atoms with Crippen molar-refractivity contribution in [2.24, 2.45) is 5.92 Å². The fourth-order valence-corrected chi connectivity index (χ4v) is 2.87. The van der Waals surface area contributed by atoms with Gasteiger partial charge in [0.2, 0.25) is 0 Å². The molecule has 19 heavy (non-hydrogen) atoms. The van der Waals surface area contributed by atoms with Crippen LogP contribution >= 0.6 is 0 Å². The van der Waals surface area contributed by atoms with Crippen molar-refractivity contribution in [1.82, 2.24) is 4.90 Å². The molecule has 1 aliphatic heterocycles. The van der Waals surface area contributed by atoms with Crippen molar-refractivity contribution in [2.45, 2.75) is 32.2 Å². The van der Waals surface area contributed by atoms with Gasteiger partial charge in [0, 0.05) is 19.0 Å². The monoisotopic (exact) mass is 265 g/mol. The summed E-state index contributed by atoms with van der Waals surface area (Å²) in [5.74, 6) is -0.393. The smallest absolute Gasteiger partial charge is 0.303 e. The molecule has 1 aromatic rings. The lowest BCUT2D eigenvalue weighted by atomic mass is 10.0. The molecule has 0 unspecified atom stereocenters. The fourth-order valence-electron chi connectivity index (χ4n) is 2.87. The van der Waals surface area contributed by atoms with Crippen LogP contribution in [-0.2, 0) is 4.79 Å². The number of halogens is 1. The topological polar surface area (TPSA) is 40.5 Å². The van der Waals surface area contributed by atoms with Gasteiger partial charge in [0.15, 0.2) is 0 Å². The third-order valence-corrected chi connectivity index (χ3v) is 3.68.